The zero-order valence-electron chi connectivity index (χ0n) is 9.28. The van der Waals surface area contributed by atoms with Crippen molar-refractivity contribution in [3.8, 4) is 0 Å². The second kappa shape index (κ2) is 7.85. The van der Waals surface area contributed by atoms with Gasteiger partial charge in [0.15, 0.2) is 0 Å². The Kier molecular flexibility index (Phi) is 8.32. The lowest BCUT2D eigenvalue weighted by atomic mass is 10.00. The minimum Gasteiger partial charge on any atom is -0.475 e. The van der Waals surface area contributed by atoms with Crippen molar-refractivity contribution in [1.82, 2.24) is 5.48 Å². The van der Waals surface area contributed by atoms with Crippen molar-refractivity contribution in [2.24, 2.45) is 11.7 Å². The van der Waals surface area contributed by atoms with E-state index >= 15 is 0 Å². The molecule has 0 aliphatic carbocycles. The number of halogens is 3. The molecule has 102 valence electrons. The Morgan fingerprint density at radius 3 is 1.94 bits per heavy atom. The molecule has 1 amide bonds. The van der Waals surface area contributed by atoms with Gasteiger partial charge >= 0.3 is 12.1 Å². The lowest BCUT2D eigenvalue weighted by Crippen LogP contribution is -2.43. The molecule has 0 saturated carbocycles. The molecule has 2 unspecified atom stereocenters. The van der Waals surface area contributed by atoms with Crippen LogP contribution in [0.5, 0.6) is 0 Å². The maximum atomic E-state index is 10.6. The van der Waals surface area contributed by atoms with Gasteiger partial charge in [0.2, 0.25) is 0 Å². The fourth-order valence-corrected chi connectivity index (χ4v) is 0.587. The standard InChI is InChI=1S/C6H14N2O2.C2HF3O2/c1-3-4(2)5(7)6(9)8-10;3-2(4,5)1(6)7/h4-5,10H,3,7H2,1-2H3,(H,8,9);(H,6,7). The molecule has 0 aliphatic rings. The number of nitrogens with two attached hydrogens (primary N) is 1. The van der Waals surface area contributed by atoms with Gasteiger partial charge in [-0.15, -0.1) is 0 Å². The predicted molar refractivity (Wildman–Crippen MR) is 51.1 cm³/mol. The third-order valence-corrected chi connectivity index (χ3v) is 1.91. The van der Waals surface area contributed by atoms with E-state index in [1.165, 1.54) is 5.48 Å². The van der Waals surface area contributed by atoms with Crippen LogP contribution in [-0.2, 0) is 9.59 Å². The fraction of sp³-hybridized carbons (Fsp3) is 0.750. The minimum atomic E-state index is -5.08. The van der Waals surface area contributed by atoms with Crippen LogP contribution in [-0.4, -0.2) is 34.4 Å². The van der Waals surface area contributed by atoms with Crippen molar-refractivity contribution in [3.05, 3.63) is 0 Å². The van der Waals surface area contributed by atoms with Crippen LogP contribution in [0.15, 0.2) is 0 Å². The van der Waals surface area contributed by atoms with Crippen LogP contribution in [0.2, 0.25) is 0 Å². The van der Waals surface area contributed by atoms with Crippen LogP contribution in [0.25, 0.3) is 0 Å². The smallest absolute Gasteiger partial charge is 0.475 e. The summed E-state index contributed by atoms with van der Waals surface area (Å²) in [6.45, 7) is 3.80. The van der Waals surface area contributed by atoms with Gasteiger partial charge in [-0.2, -0.15) is 13.2 Å². The van der Waals surface area contributed by atoms with Crippen molar-refractivity contribution in [2.45, 2.75) is 32.5 Å². The summed E-state index contributed by atoms with van der Waals surface area (Å²) < 4.78 is 31.7. The second-order valence-corrected chi connectivity index (χ2v) is 3.19. The molecule has 0 rings (SSSR count). The number of rotatable bonds is 3. The molecule has 0 aliphatic heterocycles. The quantitative estimate of drug-likeness (QED) is 0.436. The SMILES string of the molecule is CCC(C)C(N)C(=O)NO.O=C(O)C(F)(F)F. The number of carbonyl (C=O) groups is 2. The van der Waals surface area contributed by atoms with Crippen molar-refractivity contribution in [2.75, 3.05) is 0 Å². The third-order valence-electron chi connectivity index (χ3n) is 1.91. The topological polar surface area (TPSA) is 113 Å². The second-order valence-electron chi connectivity index (χ2n) is 3.19. The van der Waals surface area contributed by atoms with Gasteiger partial charge in [-0.3, -0.25) is 10.0 Å². The number of alkyl halides is 3. The van der Waals surface area contributed by atoms with Crippen LogP contribution in [0, 0.1) is 5.92 Å². The Hall–Kier alpha value is -1.35. The molecular formula is C8H15F3N2O4. The Morgan fingerprint density at radius 2 is 1.76 bits per heavy atom. The Bertz CT molecular complexity index is 258. The van der Waals surface area contributed by atoms with Gasteiger partial charge < -0.3 is 10.8 Å². The van der Waals surface area contributed by atoms with E-state index in [0.29, 0.717) is 0 Å². The van der Waals surface area contributed by atoms with E-state index < -0.39 is 24.1 Å². The van der Waals surface area contributed by atoms with Gasteiger partial charge in [-0.25, -0.2) is 10.3 Å². The Labute approximate surface area is 95.6 Å². The molecule has 17 heavy (non-hydrogen) atoms. The molecule has 2 atom stereocenters. The molecule has 0 spiro atoms. The van der Waals surface area contributed by atoms with Gasteiger partial charge in [0.25, 0.3) is 5.91 Å². The lowest BCUT2D eigenvalue weighted by molar-refractivity contribution is -0.192. The number of aliphatic carboxylic acids is 1. The highest BCUT2D eigenvalue weighted by Crippen LogP contribution is 2.13. The van der Waals surface area contributed by atoms with Gasteiger partial charge in [0.1, 0.15) is 0 Å². The van der Waals surface area contributed by atoms with E-state index in [1.807, 2.05) is 13.8 Å². The summed E-state index contributed by atoms with van der Waals surface area (Å²) in [5.74, 6) is -3.17. The normalized spacial score (nSPS) is 14.1. The van der Waals surface area contributed by atoms with E-state index in [1.54, 1.807) is 0 Å². The molecule has 0 radical (unpaired) electrons. The molecule has 0 heterocycles. The molecular weight excluding hydrogens is 245 g/mol. The molecule has 5 N–H and O–H groups in total. The minimum absolute atomic E-state index is 0.104. The molecule has 0 saturated heterocycles. The van der Waals surface area contributed by atoms with Crippen molar-refractivity contribution < 1.29 is 33.1 Å². The van der Waals surface area contributed by atoms with Crippen molar-refractivity contribution in [3.63, 3.8) is 0 Å². The summed E-state index contributed by atoms with van der Waals surface area (Å²) in [6, 6.07) is -0.602. The van der Waals surface area contributed by atoms with E-state index in [4.69, 9.17) is 20.8 Å². The van der Waals surface area contributed by atoms with Crippen LogP contribution >= 0.6 is 0 Å². The first-order valence-electron chi connectivity index (χ1n) is 4.57. The zero-order valence-corrected chi connectivity index (χ0v) is 9.28. The first-order chi connectivity index (χ1) is 7.57. The number of hydroxylamine groups is 1. The third kappa shape index (κ3) is 8.46. The summed E-state index contributed by atoms with van der Waals surface area (Å²) in [6.07, 6.45) is -4.26. The summed E-state index contributed by atoms with van der Waals surface area (Å²) in [4.78, 5) is 19.5. The summed E-state index contributed by atoms with van der Waals surface area (Å²) in [5.41, 5.74) is 6.93. The van der Waals surface area contributed by atoms with E-state index in [-0.39, 0.29) is 5.92 Å². The molecule has 9 heteroatoms. The molecule has 0 bridgehead atoms. The van der Waals surface area contributed by atoms with Gasteiger partial charge in [0.05, 0.1) is 6.04 Å². The molecule has 0 aromatic rings. The van der Waals surface area contributed by atoms with E-state index in [2.05, 4.69) is 0 Å². The van der Waals surface area contributed by atoms with Gasteiger partial charge in [-0.05, 0) is 5.92 Å². The number of carboxylic acid groups (broad SMARTS) is 1. The number of carbonyl (C=O) groups excluding carboxylic acids is 1. The van der Waals surface area contributed by atoms with Crippen LogP contribution < -0.4 is 11.2 Å². The molecule has 0 aromatic carbocycles. The van der Waals surface area contributed by atoms with E-state index in [0.717, 1.165) is 6.42 Å². The number of amides is 1. The molecule has 6 nitrogen and oxygen atoms in total. The average Bonchev–Trinajstić information content (AvgIpc) is 2.25. The highest BCUT2D eigenvalue weighted by Gasteiger charge is 2.38. The van der Waals surface area contributed by atoms with Crippen LogP contribution in [0.4, 0.5) is 13.2 Å². The van der Waals surface area contributed by atoms with Gasteiger partial charge in [0, 0.05) is 0 Å². The van der Waals surface area contributed by atoms with Crippen LogP contribution in [0.3, 0.4) is 0 Å². The first-order valence-corrected chi connectivity index (χ1v) is 4.57. The fourth-order valence-electron chi connectivity index (χ4n) is 0.587. The first kappa shape index (κ1) is 18.0. The van der Waals surface area contributed by atoms with Crippen molar-refractivity contribution in [1.29, 1.82) is 0 Å². The maximum Gasteiger partial charge on any atom is 0.490 e. The maximum absolute atomic E-state index is 10.6. The highest BCUT2D eigenvalue weighted by molar-refractivity contribution is 5.80. The van der Waals surface area contributed by atoms with E-state index in [9.17, 15) is 18.0 Å². The average molecular weight is 260 g/mol. The number of hydrogen-bond donors (Lipinski definition) is 4. The number of nitrogens with one attached hydrogen (secondary N) is 1. The Morgan fingerprint density at radius 1 is 1.41 bits per heavy atom. The summed E-state index contributed by atoms with van der Waals surface area (Å²) >= 11 is 0. The number of carboxylic acids is 1. The summed E-state index contributed by atoms with van der Waals surface area (Å²) in [5, 5.41) is 15.3. The molecule has 0 aromatic heterocycles. The van der Waals surface area contributed by atoms with Gasteiger partial charge in [-0.1, -0.05) is 20.3 Å². The Balaban J connectivity index is 0. The van der Waals surface area contributed by atoms with Crippen molar-refractivity contribution >= 4 is 11.9 Å². The predicted octanol–water partition coefficient (Wildman–Crippen LogP) is 0.499. The number of hydrogen-bond acceptors (Lipinski definition) is 4. The summed E-state index contributed by atoms with van der Waals surface area (Å²) in [7, 11) is 0. The largest absolute Gasteiger partial charge is 0.490 e. The lowest BCUT2D eigenvalue weighted by Gasteiger charge is -2.14. The molecule has 0 fully saturated rings. The monoisotopic (exact) mass is 260 g/mol. The highest BCUT2D eigenvalue weighted by atomic mass is 19.4. The van der Waals surface area contributed by atoms with Crippen LogP contribution in [0.1, 0.15) is 20.3 Å². The zero-order chi connectivity index (χ0) is 14.2.